The molecule has 0 atom stereocenters. The van der Waals surface area contributed by atoms with Gasteiger partial charge in [-0.25, -0.2) is 9.97 Å². The summed E-state index contributed by atoms with van der Waals surface area (Å²) in [5.74, 6) is 0.907. The van der Waals surface area contributed by atoms with Gasteiger partial charge in [0.2, 0.25) is 0 Å². The van der Waals surface area contributed by atoms with E-state index in [0.29, 0.717) is 11.3 Å². The van der Waals surface area contributed by atoms with Gasteiger partial charge in [-0.05, 0) is 11.6 Å². The van der Waals surface area contributed by atoms with Crippen LogP contribution in [-0.4, -0.2) is 15.0 Å². The van der Waals surface area contributed by atoms with E-state index in [1.807, 2.05) is 24.3 Å². The Hall–Kier alpha value is -2.36. The molecule has 4 nitrogen and oxygen atoms in total. The number of nitrogens with two attached hydrogens (primary N) is 1. The summed E-state index contributed by atoms with van der Waals surface area (Å²) < 4.78 is 0. The number of imidazole rings is 1. The number of H-pyrrole nitrogens is 1. The van der Waals surface area contributed by atoms with Crippen LogP contribution in [0.5, 0.6) is 0 Å². The van der Waals surface area contributed by atoms with E-state index in [0.717, 1.165) is 17.8 Å². The molecule has 0 bridgehead atoms. The van der Waals surface area contributed by atoms with Crippen molar-refractivity contribution in [3.05, 3.63) is 54.0 Å². The summed E-state index contributed by atoms with van der Waals surface area (Å²) in [6.07, 6.45) is 2.40. The lowest BCUT2D eigenvalue weighted by Crippen LogP contribution is -1.89. The molecule has 0 aliphatic heterocycles. The first kappa shape index (κ1) is 9.84. The minimum absolute atomic E-state index is 0.646. The number of nitrogens with zero attached hydrogens (tertiary/aromatic N) is 2. The van der Waals surface area contributed by atoms with Crippen LogP contribution in [0.4, 0.5) is 5.69 Å². The van der Waals surface area contributed by atoms with Gasteiger partial charge in [0.05, 0.1) is 17.4 Å². The predicted octanol–water partition coefficient (Wildman–Crippen LogP) is 2.13. The summed E-state index contributed by atoms with van der Waals surface area (Å²) in [6, 6.07) is 12.1. The van der Waals surface area contributed by atoms with Crippen molar-refractivity contribution in [1.82, 2.24) is 15.0 Å². The molecule has 2 aromatic heterocycles. The van der Waals surface area contributed by atoms with Crippen molar-refractivity contribution in [2.75, 3.05) is 5.73 Å². The first-order chi connectivity index (χ1) is 8.31. The Morgan fingerprint density at radius 1 is 1.18 bits per heavy atom. The van der Waals surface area contributed by atoms with Gasteiger partial charge in [-0.3, -0.25) is 0 Å². The third-order valence-electron chi connectivity index (χ3n) is 2.62. The van der Waals surface area contributed by atoms with Crippen LogP contribution in [0.1, 0.15) is 11.4 Å². The lowest BCUT2D eigenvalue weighted by molar-refractivity contribution is 1.03. The van der Waals surface area contributed by atoms with Crippen LogP contribution < -0.4 is 5.73 Å². The maximum atomic E-state index is 5.68. The molecule has 2 heterocycles. The summed E-state index contributed by atoms with van der Waals surface area (Å²) in [6.45, 7) is 0. The minimum Gasteiger partial charge on any atom is -0.397 e. The monoisotopic (exact) mass is 224 g/mol. The summed E-state index contributed by atoms with van der Waals surface area (Å²) in [4.78, 5) is 11.8. The first-order valence-electron chi connectivity index (χ1n) is 5.45. The van der Waals surface area contributed by atoms with E-state index in [2.05, 4.69) is 27.1 Å². The van der Waals surface area contributed by atoms with Crippen molar-refractivity contribution in [2.24, 2.45) is 0 Å². The maximum Gasteiger partial charge on any atom is 0.177 e. The SMILES string of the molecule is Nc1cnc2nc(Cc3ccccc3)[nH]c2c1. The molecule has 0 aliphatic carbocycles. The fraction of sp³-hybridized carbons (Fsp3) is 0.0769. The number of nitrogens with one attached hydrogen (secondary N) is 1. The Labute approximate surface area is 98.5 Å². The number of benzene rings is 1. The molecule has 0 amide bonds. The molecular weight excluding hydrogens is 212 g/mol. The Morgan fingerprint density at radius 3 is 2.82 bits per heavy atom. The molecule has 0 radical (unpaired) electrons. The van der Waals surface area contributed by atoms with E-state index in [-0.39, 0.29) is 0 Å². The van der Waals surface area contributed by atoms with Gasteiger partial charge in [-0.15, -0.1) is 0 Å². The highest BCUT2D eigenvalue weighted by molar-refractivity contribution is 5.74. The molecule has 0 aliphatic rings. The fourth-order valence-corrected chi connectivity index (χ4v) is 1.84. The Balaban J connectivity index is 1.96. The third kappa shape index (κ3) is 1.97. The Morgan fingerprint density at radius 2 is 2.00 bits per heavy atom. The van der Waals surface area contributed by atoms with Crippen LogP contribution in [0.2, 0.25) is 0 Å². The molecule has 84 valence electrons. The topological polar surface area (TPSA) is 67.6 Å². The van der Waals surface area contributed by atoms with Gasteiger partial charge >= 0.3 is 0 Å². The number of pyridine rings is 1. The van der Waals surface area contributed by atoms with Crippen molar-refractivity contribution >= 4 is 16.9 Å². The van der Waals surface area contributed by atoms with Crippen LogP contribution in [0.3, 0.4) is 0 Å². The number of aromatic amines is 1. The molecular formula is C13H12N4. The van der Waals surface area contributed by atoms with Crippen LogP contribution in [0.15, 0.2) is 42.6 Å². The van der Waals surface area contributed by atoms with Gasteiger partial charge in [0.15, 0.2) is 5.65 Å². The van der Waals surface area contributed by atoms with E-state index < -0.39 is 0 Å². The second kappa shape index (κ2) is 3.90. The summed E-state index contributed by atoms with van der Waals surface area (Å²) >= 11 is 0. The summed E-state index contributed by atoms with van der Waals surface area (Å²) in [7, 11) is 0. The number of nitrogen functional groups attached to an aromatic ring is 1. The molecule has 0 fully saturated rings. The van der Waals surface area contributed by atoms with E-state index in [9.17, 15) is 0 Å². The minimum atomic E-state index is 0.646. The standard InChI is InChI=1S/C13H12N4/c14-10-7-11-13(15-8-10)17-12(16-11)6-9-4-2-1-3-5-9/h1-5,7-8H,6,14H2,(H,15,16,17). The van der Waals surface area contributed by atoms with Crippen molar-refractivity contribution in [3.63, 3.8) is 0 Å². The molecule has 0 spiro atoms. The van der Waals surface area contributed by atoms with Gasteiger partial charge in [0, 0.05) is 6.42 Å². The van der Waals surface area contributed by atoms with E-state index in [4.69, 9.17) is 5.73 Å². The number of anilines is 1. The molecule has 0 saturated heterocycles. The largest absolute Gasteiger partial charge is 0.397 e. The van der Waals surface area contributed by atoms with Crippen molar-refractivity contribution in [3.8, 4) is 0 Å². The van der Waals surface area contributed by atoms with Crippen molar-refractivity contribution in [1.29, 1.82) is 0 Å². The van der Waals surface area contributed by atoms with Crippen molar-refractivity contribution < 1.29 is 0 Å². The molecule has 3 rings (SSSR count). The van der Waals surface area contributed by atoms with Gasteiger partial charge < -0.3 is 10.7 Å². The highest BCUT2D eigenvalue weighted by Crippen LogP contribution is 2.14. The van der Waals surface area contributed by atoms with Gasteiger partial charge in [-0.1, -0.05) is 30.3 Å². The maximum absolute atomic E-state index is 5.68. The quantitative estimate of drug-likeness (QED) is 0.700. The number of rotatable bonds is 2. The first-order valence-corrected chi connectivity index (χ1v) is 5.45. The number of fused-ring (bicyclic) bond motifs is 1. The van der Waals surface area contributed by atoms with Gasteiger partial charge in [-0.2, -0.15) is 0 Å². The second-order valence-electron chi connectivity index (χ2n) is 3.99. The number of aromatic nitrogens is 3. The van der Waals surface area contributed by atoms with Crippen LogP contribution in [0.25, 0.3) is 11.2 Å². The van der Waals surface area contributed by atoms with Crippen LogP contribution in [0, 0.1) is 0 Å². The lowest BCUT2D eigenvalue weighted by Gasteiger charge is -1.95. The fourth-order valence-electron chi connectivity index (χ4n) is 1.84. The molecule has 3 aromatic rings. The average Bonchev–Trinajstić information content (AvgIpc) is 2.71. The highest BCUT2D eigenvalue weighted by atomic mass is 15.0. The second-order valence-corrected chi connectivity index (χ2v) is 3.99. The van der Waals surface area contributed by atoms with Crippen LogP contribution >= 0.6 is 0 Å². The van der Waals surface area contributed by atoms with Gasteiger partial charge in [0.1, 0.15) is 5.82 Å². The average molecular weight is 224 g/mol. The molecule has 1 aromatic carbocycles. The van der Waals surface area contributed by atoms with Crippen LogP contribution in [-0.2, 0) is 6.42 Å². The van der Waals surface area contributed by atoms with E-state index in [1.54, 1.807) is 6.20 Å². The zero-order valence-electron chi connectivity index (χ0n) is 9.22. The molecule has 17 heavy (non-hydrogen) atoms. The molecule has 0 saturated carbocycles. The van der Waals surface area contributed by atoms with E-state index >= 15 is 0 Å². The normalized spacial score (nSPS) is 10.8. The number of hydrogen-bond acceptors (Lipinski definition) is 3. The van der Waals surface area contributed by atoms with Gasteiger partial charge in [0.25, 0.3) is 0 Å². The van der Waals surface area contributed by atoms with E-state index in [1.165, 1.54) is 5.56 Å². The Bertz CT molecular complexity index is 643. The molecule has 4 heteroatoms. The van der Waals surface area contributed by atoms with Crippen molar-refractivity contribution in [2.45, 2.75) is 6.42 Å². The molecule has 3 N–H and O–H groups in total. The molecule has 0 unspecified atom stereocenters. The Kier molecular flexibility index (Phi) is 2.26. The summed E-state index contributed by atoms with van der Waals surface area (Å²) in [5, 5.41) is 0. The highest BCUT2D eigenvalue weighted by Gasteiger charge is 2.04. The lowest BCUT2D eigenvalue weighted by atomic mass is 10.1. The third-order valence-corrected chi connectivity index (χ3v) is 2.62. The summed E-state index contributed by atoms with van der Waals surface area (Å²) in [5.41, 5.74) is 9.14. The zero-order valence-corrected chi connectivity index (χ0v) is 9.22. The smallest absolute Gasteiger partial charge is 0.177 e. The number of hydrogen-bond donors (Lipinski definition) is 2. The zero-order chi connectivity index (χ0) is 11.7. The predicted molar refractivity (Wildman–Crippen MR) is 67.5 cm³/mol.